The Morgan fingerprint density at radius 1 is 0.971 bits per heavy atom. The average molecular weight is 484 g/mol. The van der Waals surface area contributed by atoms with Gasteiger partial charge in [0.05, 0.1) is 10.9 Å². The number of carboxylic acid groups (broad SMARTS) is 1. The number of aryl methyl sites for hydroxylation is 1. The van der Waals surface area contributed by atoms with E-state index in [1.54, 1.807) is 0 Å². The molecule has 1 aromatic heterocycles. The molecule has 0 aliphatic heterocycles. The molecule has 0 saturated carbocycles. The maximum atomic E-state index is 15.4. The number of aromatic carboxylic acids is 1. The Morgan fingerprint density at radius 2 is 1.59 bits per heavy atom. The van der Waals surface area contributed by atoms with Crippen molar-refractivity contribution in [3.05, 3.63) is 39.4 Å². The van der Waals surface area contributed by atoms with Crippen molar-refractivity contribution >= 4 is 22.6 Å². The Morgan fingerprint density at radius 3 is 2.18 bits per heavy atom. The van der Waals surface area contributed by atoms with Crippen LogP contribution in [0.15, 0.2) is 11.0 Å². The molecule has 1 aromatic carbocycles. The number of pyridine rings is 1. The van der Waals surface area contributed by atoms with E-state index >= 15 is 4.39 Å². The maximum absolute atomic E-state index is 15.4. The lowest BCUT2D eigenvalue weighted by Gasteiger charge is -2.17. The summed E-state index contributed by atoms with van der Waals surface area (Å²) in [7, 11) is 3.72. The van der Waals surface area contributed by atoms with Crippen LogP contribution in [0.3, 0.4) is 0 Å². The highest BCUT2D eigenvalue weighted by atomic mass is 19.2. The van der Waals surface area contributed by atoms with Gasteiger partial charge in [-0.1, -0.05) is 51.9 Å². The van der Waals surface area contributed by atoms with Crippen LogP contribution < -0.4 is 10.7 Å². The number of halogens is 3. The molecule has 0 amide bonds. The van der Waals surface area contributed by atoms with E-state index in [1.807, 2.05) is 19.0 Å². The van der Waals surface area contributed by atoms with Gasteiger partial charge < -0.3 is 19.9 Å². The van der Waals surface area contributed by atoms with Gasteiger partial charge in [-0.15, -0.1) is 0 Å². The third-order valence-electron chi connectivity index (χ3n) is 5.91. The van der Waals surface area contributed by atoms with E-state index in [2.05, 4.69) is 12.2 Å². The van der Waals surface area contributed by atoms with Crippen molar-refractivity contribution in [2.45, 2.75) is 71.3 Å². The fourth-order valence-electron chi connectivity index (χ4n) is 4.05. The van der Waals surface area contributed by atoms with E-state index in [0.717, 1.165) is 31.9 Å². The summed E-state index contributed by atoms with van der Waals surface area (Å²) in [6, 6.07) is 0. The maximum Gasteiger partial charge on any atom is 0.341 e. The first kappa shape index (κ1) is 27.7. The largest absolute Gasteiger partial charge is 0.477 e. The number of benzene rings is 1. The van der Waals surface area contributed by atoms with Crippen molar-refractivity contribution in [2.24, 2.45) is 0 Å². The van der Waals surface area contributed by atoms with E-state index in [1.165, 1.54) is 23.8 Å². The standard InChI is InChI=1S/C25H36F3N3O3/c1-4-5-6-7-8-9-10-11-15-31-16-17(25(33)34)24(32)18-19(26)20(27)22(21(28)23(18)31)29-13-12-14-30(2)3/h16,29H,4-15H2,1-3H3,(H,33,34). The zero-order valence-electron chi connectivity index (χ0n) is 20.4. The molecule has 2 rings (SSSR count). The van der Waals surface area contributed by atoms with Crippen molar-refractivity contribution in [2.75, 3.05) is 32.5 Å². The van der Waals surface area contributed by atoms with Gasteiger partial charge in [-0.05, 0) is 33.5 Å². The molecule has 2 N–H and O–H groups in total. The lowest BCUT2D eigenvalue weighted by Crippen LogP contribution is -2.23. The first-order valence-corrected chi connectivity index (χ1v) is 12.1. The van der Waals surface area contributed by atoms with Crippen LogP contribution in [-0.2, 0) is 6.54 Å². The molecular formula is C25H36F3N3O3. The minimum Gasteiger partial charge on any atom is -0.477 e. The molecule has 0 unspecified atom stereocenters. The zero-order valence-corrected chi connectivity index (χ0v) is 20.4. The summed E-state index contributed by atoms with van der Waals surface area (Å²) in [5, 5.41) is 11.1. The van der Waals surface area contributed by atoms with Crippen LogP contribution >= 0.6 is 0 Å². The monoisotopic (exact) mass is 483 g/mol. The quantitative estimate of drug-likeness (QED) is 0.254. The smallest absolute Gasteiger partial charge is 0.341 e. The molecule has 9 heteroatoms. The molecule has 190 valence electrons. The van der Waals surface area contributed by atoms with Gasteiger partial charge in [-0.3, -0.25) is 4.79 Å². The highest BCUT2D eigenvalue weighted by Crippen LogP contribution is 2.30. The Balaban J connectivity index is 2.35. The number of anilines is 1. The second-order valence-corrected chi connectivity index (χ2v) is 8.97. The van der Waals surface area contributed by atoms with Gasteiger partial charge in [0.25, 0.3) is 0 Å². The van der Waals surface area contributed by atoms with Crippen molar-refractivity contribution in [3.8, 4) is 0 Å². The Hall–Kier alpha value is -2.55. The highest BCUT2D eigenvalue weighted by Gasteiger charge is 2.26. The molecule has 0 radical (unpaired) electrons. The summed E-state index contributed by atoms with van der Waals surface area (Å²) in [5.41, 5.74) is -3.00. The van der Waals surface area contributed by atoms with Gasteiger partial charge in [0, 0.05) is 19.3 Å². The van der Waals surface area contributed by atoms with Crippen LogP contribution in [0.4, 0.5) is 18.9 Å². The second-order valence-electron chi connectivity index (χ2n) is 8.97. The van der Waals surface area contributed by atoms with Crippen molar-refractivity contribution in [1.82, 2.24) is 9.47 Å². The summed E-state index contributed by atoms with van der Waals surface area (Å²) < 4.78 is 46.3. The molecule has 0 fully saturated rings. The number of fused-ring (bicyclic) bond motifs is 1. The van der Waals surface area contributed by atoms with Gasteiger partial charge in [-0.25, -0.2) is 18.0 Å². The highest BCUT2D eigenvalue weighted by molar-refractivity contribution is 5.94. The summed E-state index contributed by atoms with van der Waals surface area (Å²) in [6.45, 7) is 3.20. The number of hydrogen-bond acceptors (Lipinski definition) is 4. The first-order chi connectivity index (χ1) is 16.2. The lowest BCUT2D eigenvalue weighted by atomic mass is 10.1. The van der Waals surface area contributed by atoms with E-state index in [4.69, 9.17) is 0 Å². The Bertz CT molecular complexity index is 1040. The van der Waals surface area contributed by atoms with Crippen LogP contribution in [0.25, 0.3) is 10.9 Å². The molecule has 1 heterocycles. The zero-order chi connectivity index (χ0) is 25.3. The first-order valence-electron chi connectivity index (χ1n) is 12.1. The molecule has 0 aliphatic rings. The van der Waals surface area contributed by atoms with Crippen molar-refractivity contribution in [3.63, 3.8) is 0 Å². The van der Waals surface area contributed by atoms with E-state index in [9.17, 15) is 23.5 Å². The molecule has 34 heavy (non-hydrogen) atoms. The predicted octanol–water partition coefficient (Wildman–Crippen LogP) is 5.62. The topological polar surface area (TPSA) is 74.6 Å². The summed E-state index contributed by atoms with van der Waals surface area (Å²) in [6.07, 6.45) is 9.74. The molecular weight excluding hydrogens is 447 g/mol. The second kappa shape index (κ2) is 13.4. The van der Waals surface area contributed by atoms with Crippen LogP contribution in [0.5, 0.6) is 0 Å². The summed E-state index contributed by atoms with van der Waals surface area (Å²) >= 11 is 0. The molecule has 0 saturated heterocycles. The van der Waals surface area contributed by atoms with Crippen LogP contribution in [0, 0.1) is 17.5 Å². The number of hydrogen-bond donors (Lipinski definition) is 2. The van der Waals surface area contributed by atoms with E-state index in [-0.39, 0.29) is 13.1 Å². The lowest BCUT2D eigenvalue weighted by molar-refractivity contribution is 0.0694. The van der Waals surface area contributed by atoms with E-state index in [0.29, 0.717) is 19.4 Å². The molecule has 0 spiro atoms. The average Bonchev–Trinajstić information content (AvgIpc) is 2.78. The van der Waals surface area contributed by atoms with Crippen LogP contribution in [-0.4, -0.2) is 47.7 Å². The molecule has 6 nitrogen and oxygen atoms in total. The molecule has 2 aromatic rings. The number of rotatable bonds is 15. The van der Waals surface area contributed by atoms with Crippen LogP contribution in [0.2, 0.25) is 0 Å². The Kier molecular flexibility index (Phi) is 10.9. The minimum absolute atomic E-state index is 0.189. The molecule has 0 bridgehead atoms. The van der Waals surface area contributed by atoms with Crippen molar-refractivity contribution < 1.29 is 23.1 Å². The number of nitrogens with one attached hydrogen (secondary N) is 1. The summed E-state index contributed by atoms with van der Waals surface area (Å²) in [5.74, 6) is -5.72. The molecule has 0 atom stereocenters. The Labute approximate surface area is 198 Å². The minimum atomic E-state index is -1.57. The third kappa shape index (κ3) is 6.98. The normalized spacial score (nSPS) is 11.5. The van der Waals surface area contributed by atoms with Gasteiger partial charge in [-0.2, -0.15) is 0 Å². The van der Waals surface area contributed by atoms with Gasteiger partial charge in [0.15, 0.2) is 17.5 Å². The third-order valence-corrected chi connectivity index (χ3v) is 5.91. The predicted molar refractivity (Wildman–Crippen MR) is 129 cm³/mol. The number of carbonyl (C=O) groups is 1. The van der Waals surface area contributed by atoms with Crippen molar-refractivity contribution in [1.29, 1.82) is 0 Å². The number of carboxylic acids is 1. The number of unbranched alkanes of at least 4 members (excludes halogenated alkanes) is 7. The summed E-state index contributed by atoms with van der Waals surface area (Å²) in [4.78, 5) is 26.1. The van der Waals surface area contributed by atoms with Gasteiger partial charge >= 0.3 is 5.97 Å². The SMILES string of the molecule is CCCCCCCCCCn1cc(C(=O)O)c(=O)c2c(F)c(F)c(NCCCN(C)C)c(F)c21. The fourth-order valence-corrected chi connectivity index (χ4v) is 4.05. The van der Waals surface area contributed by atoms with Gasteiger partial charge in [0.1, 0.15) is 11.3 Å². The fraction of sp³-hybridized carbons (Fsp3) is 0.600. The van der Waals surface area contributed by atoms with E-state index < -0.39 is 51.0 Å². The molecule has 0 aliphatic carbocycles. The number of nitrogens with zero attached hydrogens (tertiary/aromatic N) is 2. The van der Waals surface area contributed by atoms with Gasteiger partial charge in [0.2, 0.25) is 5.43 Å². The number of aromatic nitrogens is 1. The van der Waals surface area contributed by atoms with Crippen LogP contribution in [0.1, 0.15) is 75.1 Å².